The van der Waals surface area contributed by atoms with E-state index in [2.05, 4.69) is 213 Å². The van der Waals surface area contributed by atoms with Crippen LogP contribution < -0.4 is 8.92 Å². The van der Waals surface area contributed by atoms with Gasteiger partial charge in [-0.3, -0.25) is 0 Å². The molecule has 0 saturated carbocycles. The molecule has 0 bridgehead atoms. The van der Waals surface area contributed by atoms with Crippen molar-refractivity contribution in [1.82, 2.24) is 0 Å². The number of hydrogen-bond donors (Lipinski definition) is 2. The second-order valence-corrected chi connectivity index (χ2v) is 20.3. The number of ether oxygens (including phenoxy) is 1. The van der Waals surface area contributed by atoms with Crippen LogP contribution in [0.3, 0.4) is 0 Å². The van der Waals surface area contributed by atoms with E-state index in [1.165, 1.54) is 66.4 Å². The number of phenolic OH excluding ortho intramolecular Hbond substituents is 1. The van der Waals surface area contributed by atoms with Gasteiger partial charge in [0, 0.05) is 50.0 Å². The van der Waals surface area contributed by atoms with Crippen molar-refractivity contribution in [2.45, 2.75) is 20.6 Å². The number of aromatic hydroxyl groups is 1. The van der Waals surface area contributed by atoms with Crippen molar-refractivity contribution in [3.8, 4) is 45.3 Å². The molecule has 5 heteroatoms. The molecule has 0 aromatic heterocycles. The fourth-order valence-electron chi connectivity index (χ4n) is 12.8. The maximum atomic E-state index is 10.3. The molecule has 0 radical (unpaired) electrons. The Morgan fingerprint density at radius 1 is 0.380 bits per heavy atom. The van der Waals surface area contributed by atoms with E-state index in [0.29, 0.717) is 5.75 Å². The third-order valence-corrected chi connectivity index (χ3v) is 17.0. The Morgan fingerprint density at radius 3 is 1.45 bits per heavy atom. The smallest absolute Gasteiger partial charge is 0.144 e. The first-order chi connectivity index (χ1) is 35.0. The van der Waals surface area contributed by atoms with Crippen LogP contribution in [-0.4, -0.2) is 5.11 Å². The Balaban J connectivity index is 0.871. The number of thiol groups is 1. The molecule has 0 saturated heterocycles. The zero-order valence-electron chi connectivity index (χ0n) is 38.1. The number of benzene rings is 12. The lowest BCUT2D eigenvalue weighted by atomic mass is 9.65. The van der Waals surface area contributed by atoms with Crippen LogP contribution in [-0.2, 0) is 10.8 Å². The zero-order chi connectivity index (χ0) is 47.0. The summed E-state index contributed by atoms with van der Waals surface area (Å²) in [7, 11) is 0. The van der Waals surface area contributed by atoms with Crippen molar-refractivity contribution in [2.24, 2.45) is 0 Å². The Bertz CT molecular complexity index is 4180. The average Bonchev–Trinajstić information content (AvgIpc) is 3.89. The lowest BCUT2D eigenvalue weighted by Gasteiger charge is -2.40. The molecule has 1 N–H and O–H groups in total. The Morgan fingerprint density at radius 2 is 0.859 bits per heavy atom. The van der Waals surface area contributed by atoms with Crippen molar-refractivity contribution < 1.29 is 14.0 Å². The van der Waals surface area contributed by atoms with Crippen LogP contribution in [0.15, 0.2) is 240 Å². The van der Waals surface area contributed by atoms with Gasteiger partial charge in [-0.15, -0.1) is 0 Å². The molecule has 0 unspecified atom stereocenters. The predicted octanol–water partition coefficient (Wildman–Crippen LogP) is 17.2. The standard InChI is InChI=1S/C66H40O3S2/c67-45-29-25-39-35-43(27-23-41(39)37-45)65(55-17-5-1-11-47(55)48-12-2-6-18-56(48)65)44-28-24-42-38-46(30-26-40(42)36-44)71-62-22-10-16-54-52(62)32-34-60-64(54)68-63-53-15-9-21-61(69-70)51(53)31-33-59(63)66(60)57-19-7-3-13-49(57)50-14-4-8-20-58(50)66/h1-38,67,70H. The van der Waals surface area contributed by atoms with Crippen LogP contribution >= 0.6 is 24.7 Å². The van der Waals surface area contributed by atoms with Gasteiger partial charge >= 0.3 is 0 Å². The van der Waals surface area contributed by atoms with Gasteiger partial charge in [0.25, 0.3) is 0 Å². The van der Waals surface area contributed by atoms with Gasteiger partial charge in [0.1, 0.15) is 23.0 Å². The summed E-state index contributed by atoms with van der Waals surface area (Å²) in [5.74, 6) is 2.66. The first-order valence-electron chi connectivity index (χ1n) is 24.0. The topological polar surface area (TPSA) is 38.7 Å². The van der Waals surface area contributed by atoms with Crippen LogP contribution in [0.1, 0.15) is 44.5 Å². The highest BCUT2D eigenvalue weighted by Gasteiger charge is 2.52. The second kappa shape index (κ2) is 15.1. The monoisotopic (exact) mass is 944 g/mol. The highest BCUT2D eigenvalue weighted by atomic mass is 32.2. The molecule has 334 valence electrons. The van der Waals surface area contributed by atoms with E-state index < -0.39 is 10.8 Å². The van der Waals surface area contributed by atoms with Gasteiger partial charge in [0.05, 0.1) is 10.8 Å². The van der Waals surface area contributed by atoms with E-state index in [0.717, 1.165) is 64.7 Å². The van der Waals surface area contributed by atoms with Crippen molar-refractivity contribution in [3.05, 3.63) is 275 Å². The van der Waals surface area contributed by atoms with Crippen LogP contribution in [0.4, 0.5) is 0 Å². The number of rotatable bonds is 5. The van der Waals surface area contributed by atoms with Gasteiger partial charge in [0.15, 0.2) is 0 Å². The zero-order valence-corrected chi connectivity index (χ0v) is 39.8. The minimum Gasteiger partial charge on any atom is -0.508 e. The fourth-order valence-corrected chi connectivity index (χ4v) is 14.0. The maximum Gasteiger partial charge on any atom is 0.144 e. The minimum absolute atomic E-state index is 0.270. The van der Waals surface area contributed by atoms with E-state index >= 15 is 0 Å². The highest BCUT2D eigenvalue weighted by molar-refractivity contribution is 7.99. The van der Waals surface area contributed by atoms with Gasteiger partial charge in [-0.1, -0.05) is 188 Å². The predicted molar refractivity (Wildman–Crippen MR) is 293 cm³/mol. The molecule has 1 aliphatic heterocycles. The molecular formula is C66H40O3S2. The fraction of sp³-hybridized carbons (Fsp3) is 0.0303. The summed E-state index contributed by atoms with van der Waals surface area (Å²) in [6.07, 6.45) is 0. The summed E-state index contributed by atoms with van der Waals surface area (Å²) in [5.41, 5.74) is 13.5. The summed E-state index contributed by atoms with van der Waals surface area (Å²) in [4.78, 5) is 2.31. The van der Waals surface area contributed by atoms with Crippen LogP contribution in [0.2, 0.25) is 0 Å². The van der Waals surface area contributed by atoms with E-state index in [1.54, 1.807) is 17.8 Å². The van der Waals surface area contributed by atoms with Crippen LogP contribution in [0, 0.1) is 0 Å². The van der Waals surface area contributed by atoms with Gasteiger partial charge in [-0.25, -0.2) is 0 Å². The molecule has 0 atom stereocenters. The molecule has 0 amide bonds. The molecule has 0 fully saturated rings. The molecular weight excluding hydrogens is 905 g/mol. The molecule has 12 aromatic rings. The maximum absolute atomic E-state index is 10.3. The van der Waals surface area contributed by atoms with Crippen molar-refractivity contribution in [2.75, 3.05) is 0 Å². The van der Waals surface area contributed by atoms with Crippen molar-refractivity contribution in [1.29, 1.82) is 0 Å². The molecule has 1 heterocycles. The molecule has 15 rings (SSSR count). The normalized spacial score (nSPS) is 14.2. The summed E-state index contributed by atoms with van der Waals surface area (Å²) >= 11 is 6.04. The third-order valence-electron chi connectivity index (χ3n) is 15.7. The summed E-state index contributed by atoms with van der Waals surface area (Å²) in [5, 5.41) is 18.9. The average molecular weight is 945 g/mol. The van der Waals surface area contributed by atoms with Crippen LogP contribution in [0.25, 0.3) is 65.3 Å². The second-order valence-electron chi connectivity index (χ2n) is 19.0. The van der Waals surface area contributed by atoms with E-state index in [4.69, 9.17) is 8.92 Å². The number of hydrogen-bond acceptors (Lipinski definition) is 5. The molecule has 2 aliphatic carbocycles. The van der Waals surface area contributed by atoms with Gasteiger partial charge in [-0.05, 0) is 137 Å². The molecule has 3 nitrogen and oxygen atoms in total. The number of fused-ring (bicyclic) bond motifs is 18. The highest BCUT2D eigenvalue weighted by Crippen LogP contribution is 2.64. The van der Waals surface area contributed by atoms with Crippen LogP contribution in [0.5, 0.6) is 23.0 Å². The molecule has 12 aromatic carbocycles. The lowest BCUT2D eigenvalue weighted by Crippen LogP contribution is -2.32. The Kier molecular flexibility index (Phi) is 8.67. The van der Waals surface area contributed by atoms with E-state index in [1.807, 2.05) is 24.3 Å². The summed E-state index contributed by atoms with van der Waals surface area (Å²) < 4.78 is 13.0. The first kappa shape index (κ1) is 40.6. The largest absolute Gasteiger partial charge is 0.508 e. The molecule has 3 aliphatic rings. The molecule has 71 heavy (non-hydrogen) atoms. The van der Waals surface area contributed by atoms with Gasteiger partial charge < -0.3 is 14.0 Å². The minimum atomic E-state index is -0.615. The Hall–Kier alpha value is -8.22. The van der Waals surface area contributed by atoms with E-state index in [-0.39, 0.29) is 5.75 Å². The quantitative estimate of drug-likeness (QED) is 0.133. The van der Waals surface area contributed by atoms with Gasteiger partial charge in [-0.2, -0.15) is 0 Å². The van der Waals surface area contributed by atoms with Crippen molar-refractivity contribution >= 4 is 67.8 Å². The Labute approximate surface area is 420 Å². The lowest BCUT2D eigenvalue weighted by molar-refractivity contribution is 0.447. The molecule has 1 spiro atoms. The third kappa shape index (κ3) is 5.53. The van der Waals surface area contributed by atoms with Gasteiger partial charge in [0.2, 0.25) is 0 Å². The van der Waals surface area contributed by atoms with E-state index in [9.17, 15) is 5.11 Å². The summed E-state index contributed by atoms with van der Waals surface area (Å²) in [6, 6.07) is 83.5. The number of phenols is 1. The van der Waals surface area contributed by atoms with Crippen molar-refractivity contribution in [3.63, 3.8) is 0 Å². The first-order valence-corrected chi connectivity index (χ1v) is 25.2. The summed E-state index contributed by atoms with van der Waals surface area (Å²) in [6.45, 7) is 0. The SMILES string of the molecule is Oc1ccc2cc(C3(c4ccc5cc(Sc6cccc7c8c(ccc67)C6(c7ccccc7-c7ccccc76)c6ccc7c(OS)cccc7c6O8)ccc5c4)c4ccccc4-c4ccccc43)ccc2c1.